The summed E-state index contributed by atoms with van der Waals surface area (Å²) >= 11 is 3.35. The van der Waals surface area contributed by atoms with Crippen LogP contribution in [0.25, 0.3) is 0 Å². The minimum Gasteiger partial charge on any atom is -0.355 e. The van der Waals surface area contributed by atoms with Gasteiger partial charge in [-0.05, 0) is 28.4 Å². The molecule has 0 amide bonds. The minimum atomic E-state index is 0.804. The first-order valence-corrected chi connectivity index (χ1v) is 6.18. The summed E-state index contributed by atoms with van der Waals surface area (Å²) in [7, 11) is 2.02. The second kappa shape index (κ2) is 5.27. The van der Waals surface area contributed by atoms with Crippen molar-refractivity contribution in [1.29, 1.82) is 0 Å². The zero-order valence-electron chi connectivity index (χ0n) is 9.89. The highest BCUT2D eigenvalue weighted by Crippen LogP contribution is 2.15. The highest BCUT2D eigenvalue weighted by Gasteiger charge is 2.04. The summed E-state index contributed by atoms with van der Waals surface area (Å²) in [4.78, 5) is 10.4. The Balaban J connectivity index is 2.11. The number of benzene rings is 1. The van der Waals surface area contributed by atoms with Crippen LogP contribution in [-0.2, 0) is 6.54 Å². The predicted octanol–water partition coefficient (Wildman–Crippen LogP) is 3.18. The Morgan fingerprint density at radius 3 is 2.53 bits per heavy atom. The molecule has 0 fully saturated rings. The molecule has 1 heterocycles. The van der Waals surface area contributed by atoms with E-state index in [0.717, 1.165) is 17.0 Å². The van der Waals surface area contributed by atoms with Crippen LogP contribution in [0.2, 0.25) is 0 Å². The molecule has 0 unspecified atom stereocenters. The van der Waals surface area contributed by atoms with E-state index >= 15 is 0 Å². The van der Waals surface area contributed by atoms with Crippen LogP contribution >= 0.6 is 15.9 Å². The first-order valence-electron chi connectivity index (χ1n) is 5.39. The van der Waals surface area contributed by atoms with Gasteiger partial charge in [0, 0.05) is 19.7 Å². The predicted molar refractivity (Wildman–Crippen MR) is 73.0 cm³/mol. The summed E-state index contributed by atoms with van der Waals surface area (Å²) in [6.45, 7) is 2.93. The Morgan fingerprint density at radius 2 is 1.88 bits per heavy atom. The van der Waals surface area contributed by atoms with Gasteiger partial charge in [0.05, 0.1) is 0 Å². The largest absolute Gasteiger partial charge is 0.355 e. The monoisotopic (exact) mass is 291 g/mol. The van der Waals surface area contributed by atoms with Crippen molar-refractivity contribution >= 4 is 21.7 Å². The quantitative estimate of drug-likeness (QED) is 0.814. The molecule has 0 aliphatic carbocycles. The number of hydrogen-bond donors (Lipinski definition) is 0. The van der Waals surface area contributed by atoms with Crippen LogP contribution in [0.1, 0.15) is 11.1 Å². The average Bonchev–Trinajstić information content (AvgIpc) is 2.32. The van der Waals surface area contributed by atoms with Crippen LogP contribution in [0.4, 0.5) is 5.82 Å². The number of halogens is 1. The molecule has 0 bridgehead atoms. The number of hydrogen-bond acceptors (Lipinski definition) is 3. The van der Waals surface area contributed by atoms with Gasteiger partial charge in [-0.15, -0.1) is 0 Å². The summed E-state index contributed by atoms with van der Waals surface area (Å²) in [5, 5.41) is 0. The van der Waals surface area contributed by atoms with Crippen LogP contribution in [0, 0.1) is 6.92 Å². The zero-order valence-corrected chi connectivity index (χ0v) is 11.5. The summed E-state index contributed by atoms with van der Waals surface area (Å²) in [5.74, 6) is 0.910. The standard InChI is InChI=1S/C13H14BrN3/c1-10-3-5-11(6-4-10)8-17(2)13-7-12(14)15-9-16-13/h3-7,9H,8H2,1-2H3. The molecule has 0 saturated carbocycles. The van der Waals surface area contributed by atoms with Crippen molar-refractivity contribution < 1.29 is 0 Å². The van der Waals surface area contributed by atoms with E-state index in [0.29, 0.717) is 0 Å². The van der Waals surface area contributed by atoms with Crippen LogP contribution in [0.3, 0.4) is 0 Å². The number of nitrogens with zero attached hydrogens (tertiary/aromatic N) is 3. The Hall–Kier alpha value is -1.42. The normalized spacial score (nSPS) is 10.3. The Labute approximate surface area is 110 Å². The highest BCUT2D eigenvalue weighted by molar-refractivity contribution is 9.10. The molecule has 4 heteroatoms. The Morgan fingerprint density at radius 1 is 1.18 bits per heavy atom. The molecule has 1 aromatic heterocycles. The number of aryl methyl sites for hydroxylation is 1. The lowest BCUT2D eigenvalue weighted by Gasteiger charge is -2.18. The second-order valence-electron chi connectivity index (χ2n) is 4.04. The lowest BCUT2D eigenvalue weighted by Crippen LogP contribution is -2.17. The van der Waals surface area contributed by atoms with Gasteiger partial charge in [0.25, 0.3) is 0 Å². The minimum absolute atomic E-state index is 0.804. The van der Waals surface area contributed by atoms with E-state index in [-0.39, 0.29) is 0 Å². The highest BCUT2D eigenvalue weighted by atomic mass is 79.9. The van der Waals surface area contributed by atoms with Gasteiger partial charge in [0.1, 0.15) is 16.7 Å². The fourth-order valence-electron chi connectivity index (χ4n) is 1.58. The Bertz CT molecular complexity index is 496. The molecule has 2 aromatic rings. The van der Waals surface area contributed by atoms with Gasteiger partial charge in [0.2, 0.25) is 0 Å². The van der Waals surface area contributed by atoms with E-state index in [1.807, 2.05) is 13.1 Å². The molecular formula is C13H14BrN3. The average molecular weight is 292 g/mol. The smallest absolute Gasteiger partial charge is 0.133 e. The fraction of sp³-hybridized carbons (Fsp3) is 0.231. The summed E-state index contributed by atoms with van der Waals surface area (Å²) < 4.78 is 0.804. The molecule has 3 nitrogen and oxygen atoms in total. The summed E-state index contributed by atoms with van der Waals surface area (Å²) in [5.41, 5.74) is 2.55. The third-order valence-electron chi connectivity index (χ3n) is 2.55. The fourth-order valence-corrected chi connectivity index (χ4v) is 1.88. The van der Waals surface area contributed by atoms with Crippen molar-refractivity contribution in [2.24, 2.45) is 0 Å². The lowest BCUT2D eigenvalue weighted by atomic mass is 10.1. The zero-order chi connectivity index (χ0) is 12.3. The molecule has 0 atom stereocenters. The third-order valence-corrected chi connectivity index (χ3v) is 2.98. The van der Waals surface area contributed by atoms with E-state index < -0.39 is 0 Å². The van der Waals surface area contributed by atoms with Crippen molar-refractivity contribution in [3.05, 3.63) is 52.4 Å². The maximum Gasteiger partial charge on any atom is 0.133 e. The van der Waals surface area contributed by atoms with Gasteiger partial charge in [0.15, 0.2) is 0 Å². The SMILES string of the molecule is Cc1ccc(CN(C)c2cc(Br)ncn2)cc1. The number of rotatable bonds is 3. The molecule has 0 aliphatic rings. The van der Waals surface area contributed by atoms with Crippen molar-refractivity contribution in [2.75, 3.05) is 11.9 Å². The first kappa shape index (κ1) is 12.0. The van der Waals surface area contributed by atoms with Crippen LogP contribution in [0.15, 0.2) is 41.3 Å². The van der Waals surface area contributed by atoms with Crippen LogP contribution < -0.4 is 4.90 Å². The molecule has 0 N–H and O–H groups in total. The van der Waals surface area contributed by atoms with Gasteiger partial charge in [-0.1, -0.05) is 29.8 Å². The summed E-state index contributed by atoms with van der Waals surface area (Å²) in [6, 6.07) is 10.4. The van der Waals surface area contributed by atoms with Gasteiger partial charge >= 0.3 is 0 Å². The molecule has 0 spiro atoms. The maximum absolute atomic E-state index is 4.24. The van der Waals surface area contributed by atoms with Crippen molar-refractivity contribution in [2.45, 2.75) is 13.5 Å². The van der Waals surface area contributed by atoms with E-state index in [4.69, 9.17) is 0 Å². The molecule has 17 heavy (non-hydrogen) atoms. The van der Waals surface area contributed by atoms with Gasteiger partial charge < -0.3 is 4.90 Å². The van der Waals surface area contributed by atoms with Crippen molar-refractivity contribution in [3.8, 4) is 0 Å². The lowest BCUT2D eigenvalue weighted by molar-refractivity contribution is 0.888. The second-order valence-corrected chi connectivity index (χ2v) is 4.85. The number of anilines is 1. The van der Waals surface area contributed by atoms with Crippen molar-refractivity contribution in [3.63, 3.8) is 0 Å². The van der Waals surface area contributed by atoms with E-state index in [2.05, 4.69) is 62.0 Å². The first-order chi connectivity index (χ1) is 8.15. The maximum atomic E-state index is 4.24. The molecule has 0 saturated heterocycles. The van der Waals surface area contributed by atoms with E-state index in [1.54, 1.807) is 6.33 Å². The topological polar surface area (TPSA) is 29.0 Å². The van der Waals surface area contributed by atoms with Crippen LogP contribution in [-0.4, -0.2) is 17.0 Å². The van der Waals surface area contributed by atoms with E-state index in [9.17, 15) is 0 Å². The van der Waals surface area contributed by atoms with Gasteiger partial charge in [-0.25, -0.2) is 9.97 Å². The molecule has 2 rings (SSSR count). The molecule has 0 radical (unpaired) electrons. The van der Waals surface area contributed by atoms with Crippen LogP contribution in [0.5, 0.6) is 0 Å². The number of aromatic nitrogens is 2. The molecule has 88 valence electrons. The van der Waals surface area contributed by atoms with Gasteiger partial charge in [-0.2, -0.15) is 0 Å². The third kappa shape index (κ3) is 3.27. The molecule has 0 aliphatic heterocycles. The summed E-state index contributed by atoms with van der Waals surface area (Å²) in [6.07, 6.45) is 1.56. The molecular weight excluding hydrogens is 278 g/mol. The Kier molecular flexibility index (Phi) is 3.74. The van der Waals surface area contributed by atoms with E-state index in [1.165, 1.54) is 11.1 Å². The molecule has 1 aromatic carbocycles. The van der Waals surface area contributed by atoms with Crippen molar-refractivity contribution in [1.82, 2.24) is 9.97 Å². The van der Waals surface area contributed by atoms with Gasteiger partial charge in [-0.3, -0.25) is 0 Å².